The molecule has 0 amide bonds. The standard InChI is InChI=1S/C46H36N4/c1-2-34-23-32-43-44(33-34)48-46(45(47-43)35-15-7-3-8-16-35)36-24-26-40(27-25-36)50(39-21-13-6-14-22-39)42-30-28-41(29-31-42)49(37-17-9-4-10-18-37)38-19-11-5-12-20-38/h3-33H,2H2,1H3. The Kier molecular flexibility index (Phi) is 8.57. The van der Waals surface area contributed by atoms with E-state index in [0.29, 0.717) is 0 Å². The van der Waals surface area contributed by atoms with Crippen LogP contribution in [0.15, 0.2) is 188 Å². The normalized spacial score (nSPS) is 11.0. The first-order valence-electron chi connectivity index (χ1n) is 17.1. The van der Waals surface area contributed by atoms with Gasteiger partial charge < -0.3 is 9.80 Å². The number of hydrogen-bond donors (Lipinski definition) is 0. The van der Waals surface area contributed by atoms with Crippen LogP contribution in [0.3, 0.4) is 0 Å². The quantitative estimate of drug-likeness (QED) is 0.156. The van der Waals surface area contributed by atoms with Crippen molar-refractivity contribution in [2.45, 2.75) is 13.3 Å². The molecule has 0 bridgehead atoms. The molecular weight excluding hydrogens is 609 g/mol. The topological polar surface area (TPSA) is 32.3 Å². The molecular formula is C46H36N4. The molecule has 4 heteroatoms. The first kappa shape index (κ1) is 30.8. The number of rotatable bonds is 9. The highest BCUT2D eigenvalue weighted by atomic mass is 15.2. The molecule has 50 heavy (non-hydrogen) atoms. The predicted octanol–water partition coefficient (Wildman–Crippen LogP) is 12.5. The minimum atomic E-state index is 0.876. The van der Waals surface area contributed by atoms with E-state index < -0.39 is 0 Å². The summed E-state index contributed by atoms with van der Waals surface area (Å²) in [6.07, 6.45) is 0.953. The summed E-state index contributed by atoms with van der Waals surface area (Å²) in [4.78, 5) is 14.9. The Hall–Kier alpha value is -6.52. The van der Waals surface area contributed by atoms with Crippen molar-refractivity contribution in [1.29, 1.82) is 0 Å². The van der Waals surface area contributed by atoms with E-state index in [1.165, 1.54) is 5.56 Å². The maximum atomic E-state index is 5.22. The number of nitrogens with zero attached hydrogens (tertiary/aromatic N) is 4. The first-order chi connectivity index (χ1) is 24.7. The third-order valence-electron chi connectivity index (χ3n) is 8.99. The van der Waals surface area contributed by atoms with Crippen molar-refractivity contribution in [3.63, 3.8) is 0 Å². The van der Waals surface area contributed by atoms with E-state index in [0.717, 1.165) is 74.1 Å². The SMILES string of the molecule is CCc1ccc2nc(-c3ccccc3)c(-c3ccc(N(c4ccccc4)c4ccc(N(c5ccccc5)c5ccccc5)cc4)cc3)nc2c1. The Morgan fingerprint density at radius 2 is 0.720 bits per heavy atom. The van der Waals surface area contributed by atoms with Gasteiger partial charge in [0.1, 0.15) is 0 Å². The van der Waals surface area contributed by atoms with Crippen LogP contribution in [-0.2, 0) is 6.42 Å². The fourth-order valence-corrected chi connectivity index (χ4v) is 6.46. The Morgan fingerprint density at radius 3 is 1.16 bits per heavy atom. The Bertz CT molecular complexity index is 2280. The number of hydrogen-bond acceptors (Lipinski definition) is 4. The number of para-hydroxylation sites is 3. The number of fused-ring (bicyclic) bond motifs is 1. The second kappa shape index (κ2) is 13.9. The van der Waals surface area contributed by atoms with Crippen molar-refractivity contribution in [1.82, 2.24) is 9.97 Å². The maximum Gasteiger partial charge on any atom is 0.0973 e. The molecule has 1 aromatic heterocycles. The molecule has 0 fully saturated rings. The van der Waals surface area contributed by atoms with Crippen LogP contribution >= 0.6 is 0 Å². The molecule has 1 heterocycles. The average molecular weight is 645 g/mol. The molecule has 7 aromatic carbocycles. The summed E-state index contributed by atoms with van der Waals surface area (Å²) in [6.45, 7) is 2.17. The van der Waals surface area contributed by atoms with Gasteiger partial charge in [0.05, 0.1) is 22.4 Å². The van der Waals surface area contributed by atoms with Gasteiger partial charge in [-0.25, -0.2) is 9.97 Å². The Morgan fingerprint density at radius 1 is 0.360 bits per heavy atom. The molecule has 0 atom stereocenters. The molecule has 0 aliphatic rings. The monoisotopic (exact) mass is 644 g/mol. The van der Waals surface area contributed by atoms with E-state index >= 15 is 0 Å². The van der Waals surface area contributed by atoms with Gasteiger partial charge in [0.15, 0.2) is 0 Å². The molecule has 0 radical (unpaired) electrons. The van der Waals surface area contributed by atoms with E-state index in [1.807, 2.05) is 6.07 Å². The highest BCUT2D eigenvalue weighted by Crippen LogP contribution is 2.40. The highest BCUT2D eigenvalue weighted by Gasteiger charge is 2.18. The predicted molar refractivity (Wildman–Crippen MR) is 209 cm³/mol. The number of benzene rings is 7. The van der Waals surface area contributed by atoms with E-state index in [2.05, 4.69) is 199 Å². The molecule has 4 nitrogen and oxygen atoms in total. The first-order valence-corrected chi connectivity index (χ1v) is 17.1. The molecule has 0 aliphatic heterocycles. The minimum Gasteiger partial charge on any atom is -0.311 e. The molecule has 0 unspecified atom stereocenters. The summed E-state index contributed by atoms with van der Waals surface area (Å²) >= 11 is 0. The molecule has 0 saturated heterocycles. The summed E-state index contributed by atoms with van der Waals surface area (Å²) in [5.74, 6) is 0. The van der Waals surface area contributed by atoms with Crippen molar-refractivity contribution in [2.24, 2.45) is 0 Å². The smallest absolute Gasteiger partial charge is 0.0973 e. The average Bonchev–Trinajstić information content (AvgIpc) is 3.20. The van der Waals surface area contributed by atoms with Gasteiger partial charge in [-0.05, 0) is 96.9 Å². The summed E-state index contributed by atoms with van der Waals surface area (Å²) in [6, 6.07) is 65.7. The zero-order chi connectivity index (χ0) is 33.7. The summed E-state index contributed by atoms with van der Waals surface area (Å²) in [5.41, 5.74) is 13.4. The maximum absolute atomic E-state index is 5.22. The lowest BCUT2D eigenvalue weighted by molar-refractivity contribution is 1.14. The number of aryl methyl sites for hydroxylation is 1. The van der Waals surface area contributed by atoms with Gasteiger partial charge in [0.2, 0.25) is 0 Å². The second-order valence-electron chi connectivity index (χ2n) is 12.2. The highest BCUT2D eigenvalue weighted by molar-refractivity contribution is 5.88. The van der Waals surface area contributed by atoms with Crippen LogP contribution in [0.1, 0.15) is 12.5 Å². The van der Waals surface area contributed by atoms with Crippen LogP contribution in [-0.4, -0.2) is 9.97 Å². The molecule has 8 aromatic rings. The van der Waals surface area contributed by atoms with Crippen LogP contribution in [0.4, 0.5) is 34.1 Å². The van der Waals surface area contributed by atoms with Gasteiger partial charge in [-0.1, -0.05) is 110 Å². The lowest BCUT2D eigenvalue weighted by Gasteiger charge is -2.28. The summed E-state index contributed by atoms with van der Waals surface area (Å²) in [5, 5.41) is 0. The van der Waals surface area contributed by atoms with Gasteiger partial charge >= 0.3 is 0 Å². The largest absolute Gasteiger partial charge is 0.311 e. The van der Waals surface area contributed by atoms with Gasteiger partial charge in [0.25, 0.3) is 0 Å². The zero-order valence-electron chi connectivity index (χ0n) is 27.9. The van der Waals surface area contributed by atoms with Gasteiger partial charge in [-0.15, -0.1) is 0 Å². The van der Waals surface area contributed by atoms with Crippen LogP contribution in [0.5, 0.6) is 0 Å². The third-order valence-corrected chi connectivity index (χ3v) is 8.99. The summed E-state index contributed by atoms with van der Waals surface area (Å²) < 4.78 is 0. The van der Waals surface area contributed by atoms with Crippen LogP contribution < -0.4 is 9.80 Å². The third kappa shape index (κ3) is 6.23. The fourth-order valence-electron chi connectivity index (χ4n) is 6.46. The number of aromatic nitrogens is 2. The van der Waals surface area contributed by atoms with Crippen molar-refractivity contribution in [3.05, 3.63) is 194 Å². The van der Waals surface area contributed by atoms with E-state index in [9.17, 15) is 0 Å². The molecule has 0 aliphatic carbocycles. The molecule has 8 rings (SSSR count). The second-order valence-corrected chi connectivity index (χ2v) is 12.2. The van der Waals surface area contributed by atoms with E-state index in [1.54, 1.807) is 0 Å². The number of anilines is 6. The lowest BCUT2D eigenvalue weighted by Crippen LogP contribution is -2.12. The zero-order valence-corrected chi connectivity index (χ0v) is 27.9. The van der Waals surface area contributed by atoms with Crippen molar-refractivity contribution in [3.8, 4) is 22.5 Å². The fraction of sp³-hybridized carbons (Fsp3) is 0.0435. The molecule has 0 N–H and O–H groups in total. The summed E-state index contributed by atoms with van der Waals surface area (Å²) in [7, 11) is 0. The van der Waals surface area contributed by atoms with Gasteiger partial charge in [-0.3, -0.25) is 0 Å². The molecule has 0 saturated carbocycles. The van der Waals surface area contributed by atoms with Crippen LogP contribution in [0.2, 0.25) is 0 Å². The minimum absolute atomic E-state index is 0.876. The van der Waals surface area contributed by atoms with Gasteiger partial charge in [0, 0.05) is 45.3 Å². The Balaban J connectivity index is 1.19. The van der Waals surface area contributed by atoms with Crippen LogP contribution in [0, 0.1) is 0 Å². The van der Waals surface area contributed by atoms with Crippen molar-refractivity contribution in [2.75, 3.05) is 9.80 Å². The van der Waals surface area contributed by atoms with E-state index in [-0.39, 0.29) is 0 Å². The Labute approximate surface area is 293 Å². The van der Waals surface area contributed by atoms with Gasteiger partial charge in [-0.2, -0.15) is 0 Å². The molecule has 240 valence electrons. The van der Waals surface area contributed by atoms with Crippen LogP contribution in [0.25, 0.3) is 33.5 Å². The van der Waals surface area contributed by atoms with Crippen molar-refractivity contribution >= 4 is 45.2 Å². The van der Waals surface area contributed by atoms with E-state index in [4.69, 9.17) is 9.97 Å². The van der Waals surface area contributed by atoms with Crippen molar-refractivity contribution < 1.29 is 0 Å². The molecule has 0 spiro atoms. The lowest BCUT2D eigenvalue weighted by atomic mass is 10.0.